The van der Waals surface area contributed by atoms with Gasteiger partial charge in [-0.05, 0) is 104 Å². The van der Waals surface area contributed by atoms with Crippen LogP contribution in [0.4, 0.5) is 0 Å². The van der Waals surface area contributed by atoms with Crippen molar-refractivity contribution in [2.75, 3.05) is 20.4 Å². The van der Waals surface area contributed by atoms with E-state index in [1.165, 1.54) is 69.0 Å². The molecule has 0 fully saturated rings. The minimum Gasteiger partial charge on any atom is -0.454 e. The highest BCUT2D eigenvalue weighted by molar-refractivity contribution is 5.41. The lowest BCUT2D eigenvalue weighted by atomic mass is 9.92. The Hall–Kier alpha value is -3.56. The molecule has 0 spiro atoms. The Balaban J connectivity index is -0.000000281. The molecule has 2 heterocycles. The van der Waals surface area contributed by atoms with Gasteiger partial charge in [-0.1, -0.05) is 196 Å². The molecular formula is C52H89NO2. The molecule has 314 valence electrons. The van der Waals surface area contributed by atoms with E-state index in [0.717, 1.165) is 18.0 Å². The van der Waals surface area contributed by atoms with Gasteiger partial charge >= 0.3 is 0 Å². The Kier molecular flexibility index (Phi) is 47.4. The summed E-state index contributed by atoms with van der Waals surface area (Å²) in [5, 5.41) is 0. The number of benzene rings is 4. The summed E-state index contributed by atoms with van der Waals surface area (Å²) < 4.78 is 10.2. The normalized spacial score (nSPS) is 12.2. The van der Waals surface area contributed by atoms with Crippen molar-refractivity contribution in [3.05, 3.63) is 130 Å². The molecule has 0 saturated carbocycles. The van der Waals surface area contributed by atoms with Crippen LogP contribution in [0.1, 0.15) is 163 Å². The largest absolute Gasteiger partial charge is 0.454 e. The molecule has 2 aliphatic heterocycles. The van der Waals surface area contributed by atoms with Crippen molar-refractivity contribution in [2.45, 2.75) is 169 Å². The minimum atomic E-state index is 0.360. The lowest BCUT2D eigenvalue weighted by Crippen LogP contribution is -2.26. The molecule has 4 aromatic rings. The number of ether oxygens (including phenoxy) is 2. The van der Waals surface area contributed by atoms with Gasteiger partial charge in [0, 0.05) is 13.1 Å². The standard InChI is InChI=1S/C10H13N.C10H12.C9H10.C7H6O2.8C2H6/c1-11-7-6-9-4-2-3-5-10(9)8-11;1-2-6-10-8-4-3-7-9(10)5-1;1-2-5-9-7-3-6-8(9)4-1;1-2-4-7-6(3-1)8-5-9-7;8*1-2/h2-5H,6-8H2,1H3;1-2,5-6H,3-4,7-8H2;1-2,4-5H,3,6-7H2;1-4H,5H2;8*1-2H3. The summed E-state index contributed by atoms with van der Waals surface area (Å²) in [6.45, 7) is 34.7. The summed E-state index contributed by atoms with van der Waals surface area (Å²) in [7, 11) is 2.18. The molecule has 8 rings (SSSR count). The van der Waals surface area contributed by atoms with E-state index in [1.807, 2.05) is 135 Å². The number of rotatable bonds is 0. The van der Waals surface area contributed by atoms with Crippen LogP contribution in [0.15, 0.2) is 97.1 Å². The summed E-state index contributed by atoms with van der Waals surface area (Å²) >= 11 is 0. The summed E-state index contributed by atoms with van der Waals surface area (Å²) in [4.78, 5) is 2.36. The van der Waals surface area contributed by atoms with Gasteiger partial charge in [0.15, 0.2) is 11.5 Å². The maximum atomic E-state index is 5.08. The second-order valence-corrected chi connectivity index (χ2v) is 10.7. The SMILES string of the molecule is CC.CC.CC.CC.CC.CC.CC.CC.CN1CCc2ccccc2C1.c1ccc2c(c1)CCC2.c1ccc2c(c1)CCCC2.c1ccc2c(c1)OCO2. The van der Waals surface area contributed by atoms with Crippen LogP contribution in [0, 0.1) is 0 Å². The highest BCUT2D eigenvalue weighted by Crippen LogP contribution is 2.30. The molecule has 0 unspecified atom stereocenters. The third-order valence-corrected chi connectivity index (χ3v) is 7.87. The monoisotopic (exact) mass is 760 g/mol. The van der Waals surface area contributed by atoms with Gasteiger partial charge in [-0.2, -0.15) is 0 Å². The molecule has 4 aliphatic rings. The highest BCUT2D eigenvalue weighted by atomic mass is 16.7. The average molecular weight is 760 g/mol. The van der Waals surface area contributed by atoms with Crippen LogP contribution >= 0.6 is 0 Å². The van der Waals surface area contributed by atoms with E-state index in [1.54, 1.807) is 22.3 Å². The summed E-state index contributed by atoms with van der Waals surface area (Å²) in [6, 6.07) is 33.9. The summed E-state index contributed by atoms with van der Waals surface area (Å²) in [6.07, 6.45) is 10.6. The van der Waals surface area contributed by atoms with Gasteiger partial charge in [0.2, 0.25) is 6.79 Å². The fourth-order valence-corrected chi connectivity index (χ4v) is 5.67. The Bertz CT molecular complexity index is 1210. The van der Waals surface area contributed by atoms with E-state index in [-0.39, 0.29) is 0 Å². The predicted molar refractivity (Wildman–Crippen MR) is 251 cm³/mol. The molecule has 4 aromatic carbocycles. The van der Waals surface area contributed by atoms with Crippen molar-refractivity contribution in [2.24, 2.45) is 0 Å². The second-order valence-electron chi connectivity index (χ2n) is 10.7. The molecular weight excluding hydrogens is 671 g/mol. The summed E-state index contributed by atoms with van der Waals surface area (Å²) in [5.41, 5.74) is 9.32. The van der Waals surface area contributed by atoms with Gasteiger partial charge in [-0.25, -0.2) is 0 Å². The number of para-hydroxylation sites is 2. The molecule has 0 bridgehead atoms. The fraction of sp³-hybridized carbons (Fsp3) is 0.538. The number of likely N-dealkylation sites (N-methyl/N-ethyl adjacent to an activating group) is 1. The Labute approximate surface area is 344 Å². The van der Waals surface area contributed by atoms with Crippen molar-refractivity contribution >= 4 is 0 Å². The lowest BCUT2D eigenvalue weighted by molar-refractivity contribution is 0.174. The Morgan fingerprint density at radius 2 is 0.618 bits per heavy atom. The zero-order valence-corrected chi connectivity index (χ0v) is 39.3. The third-order valence-electron chi connectivity index (χ3n) is 7.87. The van der Waals surface area contributed by atoms with Crippen LogP contribution in [-0.4, -0.2) is 25.3 Å². The smallest absolute Gasteiger partial charge is 0.231 e. The first kappa shape index (κ1) is 58.2. The highest BCUT2D eigenvalue weighted by Gasteiger charge is 2.11. The van der Waals surface area contributed by atoms with E-state index in [0.29, 0.717) is 6.79 Å². The van der Waals surface area contributed by atoms with Crippen molar-refractivity contribution in [3.63, 3.8) is 0 Å². The Morgan fingerprint density at radius 1 is 0.345 bits per heavy atom. The molecule has 55 heavy (non-hydrogen) atoms. The molecule has 3 heteroatoms. The summed E-state index contributed by atoms with van der Waals surface area (Å²) in [5.74, 6) is 1.69. The van der Waals surface area contributed by atoms with Crippen molar-refractivity contribution in [3.8, 4) is 11.5 Å². The molecule has 0 radical (unpaired) electrons. The lowest BCUT2D eigenvalue weighted by Gasteiger charge is -2.24. The Morgan fingerprint density at radius 3 is 0.964 bits per heavy atom. The van der Waals surface area contributed by atoms with Crippen LogP contribution in [0.5, 0.6) is 11.5 Å². The maximum absolute atomic E-state index is 5.08. The molecule has 2 aliphatic carbocycles. The first-order chi connectivity index (χ1) is 27.3. The van der Waals surface area contributed by atoms with Crippen LogP contribution in [0.3, 0.4) is 0 Å². The fourth-order valence-electron chi connectivity index (χ4n) is 5.67. The van der Waals surface area contributed by atoms with Crippen LogP contribution in [0.25, 0.3) is 0 Å². The zero-order chi connectivity index (χ0) is 42.7. The number of aryl methyl sites for hydroxylation is 4. The molecule has 0 aromatic heterocycles. The number of hydrogen-bond donors (Lipinski definition) is 0. The van der Waals surface area contributed by atoms with Gasteiger partial charge in [0.1, 0.15) is 0 Å². The van der Waals surface area contributed by atoms with Crippen LogP contribution in [-0.2, 0) is 38.6 Å². The first-order valence-electron chi connectivity index (χ1n) is 22.5. The molecule has 3 nitrogen and oxygen atoms in total. The average Bonchev–Trinajstić information content (AvgIpc) is 4.01. The first-order valence-corrected chi connectivity index (χ1v) is 22.5. The van der Waals surface area contributed by atoms with Crippen molar-refractivity contribution < 1.29 is 9.47 Å². The van der Waals surface area contributed by atoms with Gasteiger partial charge in [0.05, 0.1) is 0 Å². The topological polar surface area (TPSA) is 21.7 Å². The van der Waals surface area contributed by atoms with Crippen molar-refractivity contribution in [1.29, 1.82) is 0 Å². The number of hydrogen-bond acceptors (Lipinski definition) is 3. The molecule has 0 amide bonds. The number of fused-ring (bicyclic) bond motifs is 4. The van der Waals surface area contributed by atoms with E-state index in [9.17, 15) is 0 Å². The minimum absolute atomic E-state index is 0.360. The van der Waals surface area contributed by atoms with E-state index in [2.05, 4.69) is 84.7 Å². The molecule has 0 atom stereocenters. The van der Waals surface area contributed by atoms with Gasteiger partial charge < -0.3 is 14.4 Å². The quantitative estimate of drug-likeness (QED) is 0.178. The van der Waals surface area contributed by atoms with Crippen LogP contribution in [0.2, 0.25) is 0 Å². The van der Waals surface area contributed by atoms with Gasteiger partial charge in [-0.15, -0.1) is 0 Å². The molecule has 0 saturated heterocycles. The maximum Gasteiger partial charge on any atom is 0.231 e. The van der Waals surface area contributed by atoms with E-state index in [4.69, 9.17) is 9.47 Å². The number of nitrogens with zero attached hydrogens (tertiary/aromatic N) is 1. The van der Waals surface area contributed by atoms with Gasteiger partial charge in [0.25, 0.3) is 0 Å². The van der Waals surface area contributed by atoms with Crippen LogP contribution < -0.4 is 9.47 Å². The van der Waals surface area contributed by atoms with Gasteiger partial charge in [-0.3, -0.25) is 0 Å². The van der Waals surface area contributed by atoms with Crippen molar-refractivity contribution in [1.82, 2.24) is 4.90 Å². The molecule has 0 N–H and O–H groups in total. The third kappa shape index (κ3) is 25.3. The predicted octanol–water partition coefficient (Wildman–Crippen LogP) is 16.0. The van der Waals surface area contributed by atoms with E-state index < -0.39 is 0 Å². The zero-order valence-electron chi connectivity index (χ0n) is 39.3. The second kappa shape index (κ2) is 44.8. The van der Waals surface area contributed by atoms with E-state index >= 15 is 0 Å².